The maximum atomic E-state index is 12.1. The highest BCUT2D eigenvalue weighted by molar-refractivity contribution is 7.17. The molecule has 0 atom stereocenters. The molecule has 0 radical (unpaired) electrons. The molecular formula is C18H17N3O4S. The number of amides is 1. The first kappa shape index (κ1) is 16.6. The molecule has 0 aliphatic carbocycles. The zero-order valence-electron chi connectivity index (χ0n) is 14.4. The molecule has 3 heterocycles. The third kappa shape index (κ3) is 2.62. The van der Waals surface area contributed by atoms with Crippen LogP contribution in [-0.2, 0) is 16.0 Å². The first-order chi connectivity index (χ1) is 12.5. The number of anilines is 1. The average Bonchev–Trinajstić information content (AvgIpc) is 3.09. The second kappa shape index (κ2) is 6.14. The number of likely N-dealkylation sites (N-methyl/N-ethyl adjacent to an activating group) is 1. The molecule has 8 heteroatoms. The molecule has 4 rings (SSSR count). The smallest absolute Gasteiger partial charge is 0.309 e. The number of hydrogen-bond donors (Lipinski definition) is 1. The third-order valence-electron chi connectivity index (χ3n) is 4.37. The molecule has 26 heavy (non-hydrogen) atoms. The van der Waals surface area contributed by atoms with Gasteiger partial charge in [-0.05, 0) is 32.0 Å². The van der Waals surface area contributed by atoms with E-state index in [0.717, 1.165) is 26.8 Å². The molecule has 134 valence electrons. The summed E-state index contributed by atoms with van der Waals surface area (Å²) in [5, 5.41) is 8.99. The topological polar surface area (TPSA) is 84.1 Å². The molecule has 0 spiro atoms. The molecule has 7 nitrogen and oxygen atoms in total. The lowest BCUT2D eigenvalue weighted by Gasteiger charge is -2.28. The van der Waals surface area contributed by atoms with Crippen LogP contribution in [0.1, 0.15) is 17.5 Å². The van der Waals surface area contributed by atoms with E-state index in [1.807, 2.05) is 36.4 Å². The van der Waals surface area contributed by atoms with Crippen molar-refractivity contribution < 1.29 is 19.4 Å². The van der Waals surface area contributed by atoms with Crippen molar-refractivity contribution in [2.45, 2.75) is 20.3 Å². The van der Waals surface area contributed by atoms with E-state index < -0.39 is 5.97 Å². The second-order valence-electron chi connectivity index (χ2n) is 6.07. The first-order valence-corrected chi connectivity index (χ1v) is 9.06. The highest BCUT2D eigenvalue weighted by atomic mass is 32.1. The van der Waals surface area contributed by atoms with Crippen molar-refractivity contribution in [2.24, 2.45) is 0 Å². The van der Waals surface area contributed by atoms with Crippen molar-refractivity contribution in [2.75, 3.05) is 18.1 Å². The van der Waals surface area contributed by atoms with Gasteiger partial charge in [-0.25, -0.2) is 4.98 Å². The van der Waals surface area contributed by atoms with Gasteiger partial charge in [0.15, 0.2) is 11.6 Å². The first-order valence-electron chi connectivity index (χ1n) is 8.24. The number of aromatic nitrogens is 2. The number of carbonyl (C=O) groups is 2. The van der Waals surface area contributed by atoms with Crippen molar-refractivity contribution in [3.63, 3.8) is 0 Å². The van der Waals surface area contributed by atoms with Gasteiger partial charge in [-0.3, -0.25) is 14.0 Å². The summed E-state index contributed by atoms with van der Waals surface area (Å²) in [5.74, 6) is -0.274. The summed E-state index contributed by atoms with van der Waals surface area (Å²) in [6.07, 6.45) is 1.66. The van der Waals surface area contributed by atoms with Gasteiger partial charge in [0.25, 0.3) is 5.91 Å². The van der Waals surface area contributed by atoms with Gasteiger partial charge >= 0.3 is 5.97 Å². The maximum absolute atomic E-state index is 12.1. The Morgan fingerprint density at radius 1 is 1.42 bits per heavy atom. The number of carbonyl (C=O) groups excluding carboxylic acids is 1. The zero-order chi connectivity index (χ0) is 18.4. The number of nitrogens with zero attached hydrogens (tertiary/aromatic N) is 3. The van der Waals surface area contributed by atoms with E-state index in [1.54, 1.807) is 11.1 Å². The van der Waals surface area contributed by atoms with E-state index in [1.165, 1.54) is 11.3 Å². The molecule has 1 aliphatic rings. The number of aliphatic carboxylic acids is 1. The van der Waals surface area contributed by atoms with Crippen LogP contribution in [0.15, 0.2) is 24.4 Å². The van der Waals surface area contributed by atoms with Gasteiger partial charge in [-0.2, -0.15) is 0 Å². The lowest BCUT2D eigenvalue weighted by molar-refractivity contribution is -0.136. The molecule has 1 N–H and O–H groups in total. The minimum absolute atomic E-state index is 0.0575. The Kier molecular flexibility index (Phi) is 3.91. The fourth-order valence-electron chi connectivity index (χ4n) is 3.28. The van der Waals surface area contributed by atoms with Gasteiger partial charge in [0.2, 0.25) is 0 Å². The Morgan fingerprint density at radius 3 is 2.96 bits per heavy atom. The summed E-state index contributed by atoms with van der Waals surface area (Å²) in [6, 6.07) is 5.77. The van der Waals surface area contributed by atoms with E-state index in [4.69, 9.17) is 9.84 Å². The quantitative estimate of drug-likeness (QED) is 0.762. The molecule has 1 aliphatic heterocycles. The molecule has 0 unspecified atom stereocenters. The van der Waals surface area contributed by atoms with Crippen molar-refractivity contribution in [1.29, 1.82) is 0 Å². The zero-order valence-corrected chi connectivity index (χ0v) is 15.2. The highest BCUT2D eigenvalue weighted by Gasteiger charge is 2.25. The molecule has 0 bridgehead atoms. The maximum Gasteiger partial charge on any atom is 0.309 e. The largest absolute Gasteiger partial charge is 0.482 e. The number of aryl methyl sites for hydroxylation is 1. The minimum Gasteiger partial charge on any atom is -0.482 e. The minimum atomic E-state index is -0.906. The number of fused-ring (bicyclic) bond motifs is 2. The van der Waals surface area contributed by atoms with Gasteiger partial charge in [0, 0.05) is 23.2 Å². The molecular weight excluding hydrogens is 354 g/mol. The lowest BCUT2D eigenvalue weighted by Crippen LogP contribution is -2.38. The molecule has 3 aromatic rings. The van der Waals surface area contributed by atoms with E-state index in [2.05, 4.69) is 4.98 Å². The number of carboxylic acids is 1. The van der Waals surface area contributed by atoms with Crippen LogP contribution >= 0.6 is 11.3 Å². The summed E-state index contributed by atoms with van der Waals surface area (Å²) in [4.78, 5) is 31.0. The molecule has 1 aromatic carbocycles. The molecule has 0 fully saturated rings. The average molecular weight is 371 g/mol. The van der Waals surface area contributed by atoms with Crippen LogP contribution in [0.5, 0.6) is 5.75 Å². The second-order valence-corrected chi connectivity index (χ2v) is 7.25. The van der Waals surface area contributed by atoms with Crippen LogP contribution in [0.3, 0.4) is 0 Å². The Labute approximate surface area is 153 Å². The van der Waals surface area contributed by atoms with Crippen molar-refractivity contribution in [3.8, 4) is 17.0 Å². The molecule has 0 saturated carbocycles. The van der Waals surface area contributed by atoms with Crippen LogP contribution in [0.2, 0.25) is 0 Å². The van der Waals surface area contributed by atoms with E-state index in [9.17, 15) is 9.59 Å². The Morgan fingerprint density at radius 2 is 2.23 bits per heavy atom. The van der Waals surface area contributed by atoms with Crippen LogP contribution in [0, 0.1) is 6.92 Å². The number of rotatable bonds is 4. The standard InChI is InChI=1S/C18H17N3O4S/c1-3-20-13-6-11(4-5-14(13)25-9-15(20)22)17-10(2)26-18-19-12(7-16(23)24)8-21(17)18/h4-6,8H,3,7,9H2,1-2H3,(H,23,24). The number of ether oxygens (including phenoxy) is 1. The Balaban J connectivity index is 1.84. The molecule has 1 amide bonds. The van der Waals surface area contributed by atoms with Gasteiger partial charge in [-0.15, -0.1) is 11.3 Å². The summed E-state index contributed by atoms with van der Waals surface area (Å²) < 4.78 is 7.45. The number of benzene rings is 1. The van der Waals surface area contributed by atoms with Gasteiger partial charge in [-0.1, -0.05) is 0 Å². The highest BCUT2D eigenvalue weighted by Crippen LogP contribution is 2.38. The monoisotopic (exact) mass is 371 g/mol. The number of thiazole rings is 1. The summed E-state index contributed by atoms with van der Waals surface area (Å²) in [6.45, 7) is 4.57. The number of hydrogen-bond acceptors (Lipinski definition) is 5. The Bertz CT molecular complexity index is 1040. The fourth-order valence-corrected chi connectivity index (χ4v) is 4.27. The number of imidazole rings is 1. The normalized spacial score (nSPS) is 13.8. The third-order valence-corrected chi connectivity index (χ3v) is 5.34. The van der Waals surface area contributed by atoms with E-state index in [0.29, 0.717) is 18.0 Å². The predicted octanol–water partition coefficient (Wildman–Crippen LogP) is 2.74. The van der Waals surface area contributed by atoms with Crippen LogP contribution in [0.4, 0.5) is 5.69 Å². The summed E-state index contributed by atoms with van der Waals surface area (Å²) >= 11 is 1.51. The van der Waals surface area contributed by atoms with Gasteiger partial charge < -0.3 is 14.7 Å². The predicted molar refractivity (Wildman–Crippen MR) is 98.1 cm³/mol. The van der Waals surface area contributed by atoms with Gasteiger partial charge in [0.05, 0.1) is 23.5 Å². The lowest BCUT2D eigenvalue weighted by atomic mass is 10.1. The van der Waals surface area contributed by atoms with E-state index in [-0.39, 0.29) is 18.9 Å². The van der Waals surface area contributed by atoms with Gasteiger partial charge in [0.1, 0.15) is 5.75 Å². The van der Waals surface area contributed by atoms with Crippen LogP contribution in [0.25, 0.3) is 16.2 Å². The SMILES string of the molecule is CCN1C(=O)COc2ccc(-c3c(C)sc4nc(CC(=O)O)cn34)cc21. The van der Waals surface area contributed by atoms with Crippen molar-refractivity contribution in [1.82, 2.24) is 9.38 Å². The van der Waals surface area contributed by atoms with E-state index >= 15 is 0 Å². The number of carboxylic acid groups (broad SMARTS) is 1. The molecule has 2 aromatic heterocycles. The van der Waals surface area contributed by atoms with Crippen molar-refractivity contribution in [3.05, 3.63) is 35.0 Å². The summed E-state index contributed by atoms with van der Waals surface area (Å²) in [7, 11) is 0. The Hall–Kier alpha value is -2.87. The van der Waals surface area contributed by atoms with Crippen LogP contribution in [-0.4, -0.2) is 39.5 Å². The summed E-state index contributed by atoms with van der Waals surface area (Å²) in [5.41, 5.74) is 3.16. The molecule has 0 saturated heterocycles. The van der Waals surface area contributed by atoms with Crippen molar-refractivity contribution >= 4 is 33.9 Å². The van der Waals surface area contributed by atoms with Crippen LogP contribution < -0.4 is 9.64 Å². The fraction of sp³-hybridized carbons (Fsp3) is 0.278.